The number of hydrogen-bond donors (Lipinski definition) is 1. The highest BCUT2D eigenvalue weighted by atomic mass is 16.5. The lowest BCUT2D eigenvalue weighted by Crippen LogP contribution is -2.45. The van der Waals surface area contributed by atoms with E-state index in [0.29, 0.717) is 18.2 Å². The SMILES string of the molecule is COc1ccc(C(=O)NCC(C)N2CCC(C)CC2)cc1. The van der Waals surface area contributed by atoms with Crippen molar-refractivity contribution in [3.63, 3.8) is 0 Å². The lowest BCUT2D eigenvalue weighted by molar-refractivity contribution is 0.0921. The third-order valence-corrected chi connectivity index (χ3v) is 4.35. The van der Waals surface area contributed by atoms with E-state index in [1.54, 1.807) is 19.2 Å². The molecule has 2 rings (SSSR count). The number of benzene rings is 1. The molecule has 1 aliphatic rings. The van der Waals surface area contributed by atoms with Crippen molar-refractivity contribution in [1.82, 2.24) is 10.2 Å². The van der Waals surface area contributed by atoms with Crippen LogP contribution in [0.4, 0.5) is 0 Å². The molecule has 4 nitrogen and oxygen atoms in total. The highest BCUT2D eigenvalue weighted by Gasteiger charge is 2.20. The van der Waals surface area contributed by atoms with Gasteiger partial charge in [0.25, 0.3) is 5.91 Å². The summed E-state index contributed by atoms with van der Waals surface area (Å²) < 4.78 is 5.10. The molecular formula is C17H26N2O2. The second-order valence-electron chi connectivity index (χ2n) is 6.01. The van der Waals surface area contributed by atoms with Crippen molar-refractivity contribution in [2.45, 2.75) is 32.7 Å². The number of nitrogens with zero attached hydrogens (tertiary/aromatic N) is 1. The molecule has 1 fully saturated rings. The fraction of sp³-hybridized carbons (Fsp3) is 0.588. The van der Waals surface area contributed by atoms with Crippen LogP contribution >= 0.6 is 0 Å². The molecular weight excluding hydrogens is 264 g/mol. The van der Waals surface area contributed by atoms with Crippen LogP contribution in [0.3, 0.4) is 0 Å². The summed E-state index contributed by atoms with van der Waals surface area (Å²) in [4.78, 5) is 14.6. The molecule has 0 aromatic heterocycles. The summed E-state index contributed by atoms with van der Waals surface area (Å²) in [5.41, 5.74) is 0.676. The predicted molar refractivity (Wildman–Crippen MR) is 84.8 cm³/mol. The zero-order chi connectivity index (χ0) is 15.2. The van der Waals surface area contributed by atoms with Crippen LogP contribution in [-0.2, 0) is 0 Å². The quantitative estimate of drug-likeness (QED) is 0.906. The summed E-state index contributed by atoms with van der Waals surface area (Å²) in [6.07, 6.45) is 2.52. The topological polar surface area (TPSA) is 41.6 Å². The van der Waals surface area contributed by atoms with Crippen LogP contribution in [0.2, 0.25) is 0 Å². The molecule has 1 amide bonds. The maximum atomic E-state index is 12.1. The number of piperidine rings is 1. The number of nitrogens with one attached hydrogen (secondary N) is 1. The second kappa shape index (κ2) is 7.46. The Hall–Kier alpha value is -1.55. The van der Waals surface area contributed by atoms with Crippen LogP contribution in [0.5, 0.6) is 5.75 Å². The number of hydrogen-bond acceptors (Lipinski definition) is 3. The summed E-state index contributed by atoms with van der Waals surface area (Å²) in [5.74, 6) is 1.58. The molecule has 0 bridgehead atoms. The Kier molecular flexibility index (Phi) is 5.62. The van der Waals surface area contributed by atoms with E-state index in [4.69, 9.17) is 4.74 Å². The highest BCUT2D eigenvalue weighted by Crippen LogP contribution is 2.17. The van der Waals surface area contributed by atoms with Crippen molar-refractivity contribution in [2.24, 2.45) is 5.92 Å². The maximum Gasteiger partial charge on any atom is 0.251 e. The highest BCUT2D eigenvalue weighted by molar-refractivity contribution is 5.94. The smallest absolute Gasteiger partial charge is 0.251 e. The number of amides is 1. The van der Waals surface area contributed by atoms with Gasteiger partial charge in [0.2, 0.25) is 0 Å². The van der Waals surface area contributed by atoms with Crippen LogP contribution in [0.25, 0.3) is 0 Å². The summed E-state index contributed by atoms with van der Waals surface area (Å²) in [5, 5.41) is 3.02. The number of methoxy groups -OCH3 is 1. The van der Waals surface area contributed by atoms with Gasteiger partial charge < -0.3 is 10.1 Å². The Morgan fingerprint density at radius 2 is 1.95 bits per heavy atom. The Morgan fingerprint density at radius 1 is 1.33 bits per heavy atom. The van der Waals surface area contributed by atoms with Gasteiger partial charge in [-0.3, -0.25) is 9.69 Å². The van der Waals surface area contributed by atoms with Gasteiger partial charge in [-0.2, -0.15) is 0 Å². The molecule has 116 valence electrons. The first-order valence-electron chi connectivity index (χ1n) is 7.76. The average Bonchev–Trinajstić information content (AvgIpc) is 2.53. The first-order valence-corrected chi connectivity index (χ1v) is 7.76. The lowest BCUT2D eigenvalue weighted by Gasteiger charge is -2.35. The van der Waals surface area contributed by atoms with Gasteiger partial charge in [-0.15, -0.1) is 0 Å². The summed E-state index contributed by atoms with van der Waals surface area (Å²) in [6.45, 7) is 7.47. The predicted octanol–water partition coefficient (Wildman–Crippen LogP) is 2.55. The minimum Gasteiger partial charge on any atom is -0.497 e. The normalized spacial score (nSPS) is 18.2. The summed E-state index contributed by atoms with van der Waals surface area (Å²) >= 11 is 0. The maximum absolute atomic E-state index is 12.1. The summed E-state index contributed by atoms with van der Waals surface area (Å²) in [6, 6.07) is 7.59. The van der Waals surface area contributed by atoms with Gasteiger partial charge in [0.1, 0.15) is 5.75 Å². The Morgan fingerprint density at radius 3 is 2.52 bits per heavy atom. The molecule has 4 heteroatoms. The van der Waals surface area contributed by atoms with E-state index < -0.39 is 0 Å². The molecule has 1 heterocycles. The van der Waals surface area contributed by atoms with E-state index >= 15 is 0 Å². The van der Waals surface area contributed by atoms with Gasteiger partial charge in [-0.05, 0) is 63.0 Å². The van der Waals surface area contributed by atoms with Crippen molar-refractivity contribution < 1.29 is 9.53 Å². The van der Waals surface area contributed by atoms with Crippen LogP contribution in [-0.4, -0.2) is 43.6 Å². The van der Waals surface area contributed by atoms with Gasteiger partial charge >= 0.3 is 0 Å². The minimum absolute atomic E-state index is 0.0186. The number of ether oxygens (including phenoxy) is 1. The zero-order valence-electron chi connectivity index (χ0n) is 13.3. The van der Waals surface area contributed by atoms with Gasteiger partial charge in [0, 0.05) is 18.2 Å². The van der Waals surface area contributed by atoms with Gasteiger partial charge in [-0.25, -0.2) is 0 Å². The van der Waals surface area contributed by atoms with Crippen LogP contribution in [0, 0.1) is 5.92 Å². The van der Waals surface area contributed by atoms with Crippen LogP contribution in [0.1, 0.15) is 37.0 Å². The van der Waals surface area contributed by atoms with E-state index in [2.05, 4.69) is 24.1 Å². The van der Waals surface area contributed by atoms with E-state index in [9.17, 15) is 4.79 Å². The summed E-state index contributed by atoms with van der Waals surface area (Å²) in [7, 11) is 1.62. The molecule has 0 radical (unpaired) electrons. The van der Waals surface area contributed by atoms with E-state index in [1.165, 1.54) is 12.8 Å². The molecule has 0 spiro atoms. The van der Waals surface area contributed by atoms with Crippen molar-refractivity contribution in [2.75, 3.05) is 26.7 Å². The Balaban J connectivity index is 1.80. The molecule has 1 unspecified atom stereocenters. The van der Waals surface area contributed by atoms with E-state index in [1.807, 2.05) is 12.1 Å². The van der Waals surface area contributed by atoms with Crippen molar-refractivity contribution >= 4 is 5.91 Å². The van der Waals surface area contributed by atoms with Gasteiger partial charge in [0.15, 0.2) is 0 Å². The molecule has 1 N–H and O–H groups in total. The Labute approximate surface area is 127 Å². The van der Waals surface area contributed by atoms with Gasteiger partial charge in [0.05, 0.1) is 7.11 Å². The largest absolute Gasteiger partial charge is 0.497 e. The minimum atomic E-state index is -0.0186. The van der Waals surface area contributed by atoms with E-state index in [0.717, 1.165) is 24.8 Å². The third-order valence-electron chi connectivity index (χ3n) is 4.35. The number of carbonyl (C=O) groups is 1. The number of rotatable bonds is 5. The molecule has 21 heavy (non-hydrogen) atoms. The fourth-order valence-corrected chi connectivity index (χ4v) is 2.68. The fourth-order valence-electron chi connectivity index (χ4n) is 2.68. The molecule has 1 aliphatic heterocycles. The van der Waals surface area contributed by atoms with Crippen molar-refractivity contribution in [3.05, 3.63) is 29.8 Å². The first-order chi connectivity index (χ1) is 10.1. The first kappa shape index (κ1) is 15.8. The Bertz CT molecular complexity index is 450. The molecule has 1 aromatic carbocycles. The van der Waals surface area contributed by atoms with Gasteiger partial charge in [-0.1, -0.05) is 6.92 Å². The van der Waals surface area contributed by atoms with Crippen LogP contribution < -0.4 is 10.1 Å². The van der Waals surface area contributed by atoms with Crippen molar-refractivity contribution in [1.29, 1.82) is 0 Å². The number of carbonyl (C=O) groups excluding carboxylic acids is 1. The molecule has 0 aliphatic carbocycles. The number of likely N-dealkylation sites (tertiary alicyclic amines) is 1. The standard InChI is InChI=1S/C17H26N2O2/c1-13-8-10-19(11-9-13)14(2)12-18-17(20)15-4-6-16(21-3)7-5-15/h4-7,13-14H,8-12H2,1-3H3,(H,18,20). The lowest BCUT2D eigenvalue weighted by atomic mass is 9.98. The molecule has 0 saturated carbocycles. The van der Waals surface area contributed by atoms with Crippen molar-refractivity contribution in [3.8, 4) is 5.75 Å². The van der Waals surface area contributed by atoms with Crippen LogP contribution in [0.15, 0.2) is 24.3 Å². The van der Waals surface area contributed by atoms with E-state index in [-0.39, 0.29) is 5.91 Å². The molecule has 1 aromatic rings. The third kappa shape index (κ3) is 4.46. The zero-order valence-corrected chi connectivity index (χ0v) is 13.3. The average molecular weight is 290 g/mol. The molecule has 1 atom stereocenters. The second-order valence-corrected chi connectivity index (χ2v) is 6.01. The molecule has 1 saturated heterocycles. The monoisotopic (exact) mass is 290 g/mol.